The zero-order chi connectivity index (χ0) is 18.7. The van der Waals surface area contributed by atoms with E-state index in [0.717, 1.165) is 31.4 Å². The zero-order valence-electron chi connectivity index (χ0n) is 15.5. The van der Waals surface area contributed by atoms with Crippen molar-refractivity contribution in [2.75, 3.05) is 25.6 Å². The largest absolute Gasteiger partial charge is 0.488 e. The van der Waals surface area contributed by atoms with Crippen LogP contribution < -0.4 is 15.3 Å². The van der Waals surface area contributed by atoms with E-state index in [1.54, 1.807) is 13.0 Å². The van der Waals surface area contributed by atoms with Crippen LogP contribution >= 0.6 is 0 Å². The summed E-state index contributed by atoms with van der Waals surface area (Å²) in [7, 11) is 3.82. The van der Waals surface area contributed by atoms with Crippen LogP contribution in [-0.2, 0) is 4.74 Å². The van der Waals surface area contributed by atoms with Crippen molar-refractivity contribution >= 4 is 22.6 Å². The average Bonchev–Trinajstić information content (AvgIpc) is 2.62. The first-order chi connectivity index (χ1) is 12.5. The quantitative estimate of drug-likeness (QED) is 0.598. The molecular formula is C20H25NO5. The number of carbonyl (C=O) groups is 1. The standard InChI is InChI=1S/C20H25NO5/c1-4-24-19(22)17-18(25-14-8-6-5-7-9-14)15-11-10-13(21(2)3)12-16(15)26-20(17)23/h10-12,14H,4-9H2,1-3H3. The van der Waals surface area contributed by atoms with Crippen molar-refractivity contribution in [3.05, 3.63) is 34.2 Å². The monoisotopic (exact) mass is 359 g/mol. The number of ether oxygens (including phenoxy) is 2. The third-order valence-corrected chi connectivity index (χ3v) is 4.68. The van der Waals surface area contributed by atoms with E-state index < -0.39 is 11.6 Å². The van der Waals surface area contributed by atoms with Crippen LogP contribution in [0.2, 0.25) is 0 Å². The fourth-order valence-electron chi connectivity index (χ4n) is 3.29. The number of nitrogens with zero attached hydrogens (tertiary/aromatic N) is 1. The molecule has 6 nitrogen and oxygen atoms in total. The Balaban J connectivity index is 2.14. The number of hydrogen-bond acceptors (Lipinski definition) is 6. The summed E-state index contributed by atoms with van der Waals surface area (Å²) in [6.07, 6.45) is 5.19. The van der Waals surface area contributed by atoms with Crippen LogP contribution in [0.25, 0.3) is 11.0 Å². The van der Waals surface area contributed by atoms with Gasteiger partial charge in [-0.2, -0.15) is 0 Å². The summed E-state index contributed by atoms with van der Waals surface area (Å²) >= 11 is 0. The lowest BCUT2D eigenvalue weighted by Gasteiger charge is -2.24. The molecule has 0 unspecified atom stereocenters. The van der Waals surface area contributed by atoms with Gasteiger partial charge in [0.15, 0.2) is 11.3 Å². The highest BCUT2D eigenvalue weighted by Gasteiger charge is 2.27. The van der Waals surface area contributed by atoms with Crippen LogP contribution in [0.3, 0.4) is 0 Å². The van der Waals surface area contributed by atoms with Gasteiger partial charge < -0.3 is 18.8 Å². The topological polar surface area (TPSA) is 69.0 Å². The van der Waals surface area contributed by atoms with E-state index in [2.05, 4.69) is 0 Å². The first kappa shape index (κ1) is 18.3. The molecule has 1 aliphatic rings. The molecule has 0 bridgehead atoms. The zero-order valence-corrected chi connectivity index (χ0v) is 15.5. The number of fused-ring (bicyclic) bond motifs is 1. The summed E-state index contributed by atoms with van der Waals surface area (Å²) in [4.78, 5) is 26.8. The van der Waals surface area contributed by atoms with Crippen LogP contribution in [0.1, 0.15) is 49.4 Å². The minimum absolute atomic E-state index is 0.00421. The summed E-state index contributed by atoms with van der Waals surface area (Å²) in [5.41, 5.74) is 0.424. The van der Waals surface area contributed by atoms with E-state index in [1.807, 2.05) is 31.1 Å². The molecule has 0 aliphatic heterocycles. The average molecular weight is 359 g/mol. The molecule has 1 aliphatic carbocycles. The normalized spacial score (nSPS) is 15.0. The predicted octanol–water partition coefficient (Wildman–Crippen LogP) is 3.75. The third kappa shape index (κ3) is 3.69. The number of benzene rings is 1. The van der Waals surface area contributed by atoms with Gasteiger partial charge in [0.05, 0.1) is 18.1 Å². The minimum atomic E-state index is -0.724. The van der Waals surface area contributed by atoms with Gasteiger partial charge in [0.2, 0.25) is 0 Å². The molecule has 0 atom stereocenters. The highest BCUT2D eigenvalue weighted by molar-refractivity contribution is 5.99. The second-order valence-corrected chi connectivity index (χ2v) is 6.77. The molecule has 0 N–H and O–H groups in total. The first-order valence-electron chi connectivity index (χ1n) is 9.13. The highest BCUT2D eigenvalue weighted by Crippen LogP contribution is 2.33. The van der Waals surface area contributed by atoms with Crippen molar-refractivity contribution in [2.45, 2.75) is 45.1 Å². The number of hydrogen-bond donors (Lipinski definition) is 0. The fraction of sp³-hybridized carbons (Fsp3) is 0.500. The van der Waals surface area contributed by atoms with Gasteiger partial charge in [0, 0.05) is 25.8 Å². The van der Waals surface area contributed by atoms with E-state index in [-0.39, 0.29) is 24.0 Å². The van der Waals surface area contributed by atoms with Crippen molar-refractivity contribution in [2.24, 2.45) is 0 Å². The van der Waals surface area contributed by atoms with E-state index in [9.17, 15) is 9.59 Å². The van der Waals surface area contributed by atoms with Gasteiger partial charge in [0.1, 0.15) is 5.58 Å². The van der Waals surface area contributed by atoms with Crippen LogP contribution in [0, 0.1) is 0 Å². The van der Waals surface area contributed by atoms with Gasteiger partial charge in [-0.1, -0.05) is 6.42 Å². The molecule has 0 spiro atoms. The molecule has 6 heteroatoms. The Hall–Kier alpha value is -2.50. The fourth-order valence-corrected chi connectivity index (χ4v) is 3.29. The molecule has 1 fully saturated rings. The lowest BCUT2D eigenvalue weighted by Crippen LogP contribution is -2.24. The molecule has 2 aromatic rings. The van der Waals surface area contributed by atoms with Crippen LogP contribution in [0.5, 0.6) is 5.75 Å². The lowest BCUT2D eigenvalue weighted by molar-refractivity contribution is 0.0511. The number of esters is 1. The van der Waals surface area contributed by atoms with Gasteiger partial charge in [0.25, 0.3) is 0 Å². The van der Waals surface area contributed by atoms with Gasteiger partial charge in [-0.3, -0.25) is 0 Å². The summed E-state index contributed by atoms with van der Waals surface area (Å²) in [6, 6.07) is 5.51. The molecule has 1 heterocycles. The number of anilines is 1. The van der Waals surface area contributed by atoms with Crippen molar-refractivity contribution in [3.63, 3.8) is 0 Å². The van der Waals surface area contributed by atoms with Crippen molar-refractivity contribution in [1.82, 2.24) is 0 Å². The van der Waals surface area contributed by atoms with E-state index in [1.165, 1.54) is 6.42 Å². The van der Waals surface area contributed by atoms with Gasteiger partial charge in [-0.25, -0.2) is 9.59 Å². The second-order valence-electron chi connectivity index (χ2n) is 6.77. The number of rotatable bonds is 5. The summed E-state index contributed by atoms with van der Waals surface area (Å²) < 4.78 is 16.7. The predicted molar refractivity (Wildman–Crippen MR) is 100 cm³/mol. The molecule has 0 radical (unpaired) electrons. The Labute approximate surface area is 152 Å². The van der Waals surface area contributed by atoms with Crippen molar-refractivity contribution in [1.29, 1.82) is 0 Å². The van der Waals surface area contributed by atoms with E-state index in [0.29, 0.717) is 11.0 Å². The molecule has 0 saturated heterocycles. The van der Waals surface area contributed by atoms with Crippen molar-refractivity contribution < 1.29 is 18.7 Å². The molecule has 1 aromatic carbocycles. The summed E-state index contributed by atoms with van der Waals surface area (Å²) in [5.74, 6) is -0.419. The molecule has 1 aromatic heterocycles. The lowest BCUT2D eigenvalue weighted by atomic mass is 9.97. The molecule has 3 rings (SSSR count). The van der Waals surface area contributed by atoms with Crippen LogP contribution in [-0.4, -0.2) is 32.8 Å². The molecule has 140 valence electrons. The second kappa shape index (κ2) is 7.81. The molecular weight excluding hydrogens is 334 g/mol. The molecule has 0 amide bonds. The Bertz CT molecular complexity index is 849. The van der Waals surface area contributed by atoms with Crippen LogP contribution in [0.15, 0.2) is 27.4 Å². The molecule has 26 heavy (non-hydrogen) atoms. The number of carbonyl (C=O) groups excluding carboxylic acids is 1. The Morgan fingerprint density at radius 2 is 1.96 bits per heavy atom. The third-order valence-electron chi connectivity index (χ3n) is 4.68. The summed E-state index contributed by atoms with van der Waals surface area (Å²) in [6.45, 7) is 1.88. The van der Waals surface area contributed by atoms with Crippen LogP contribution in [0.4, 0.5) is 5.69 Å². The van der Waals surface area contributed by atoms with Gasteiger partial charge >= 0.3 is 11.6 Å². The van der Waals surface area contributed by atoms with Gasteiger partial charge in [-0.15, -0.1) is 0 Å². The maximum Gasteiger partial charge on any atom is 0.354 e. The maximum absolute atomic E-state index is 12.5. The SMILES string of the molecule is CCOC(=O)c1c(OC2CCCCC2)c2ccc(N(C)C)cc2oc1=O. The molecule has 1 saturated carbocycles. The Morgan fingerprint density at radius 3 is 2.62 bits per heavy atom. The first-order valence-corrected chi connectivity index (χ1v) is 9.13. The Morgan fingerprint density at radius 1 is 1.23 bits per heavy atom. The van der Waals surface area contributed by atoms with Gasteiger partial charge in [-0.05, 0) is 44.7 Å². The Kier molecular flexibility index (Phi) is 5.49. The summed E-state index contributed by atoms with van der Waals surface area (Å²) in [5, 5.41) is 0.615. The van der Waals surface area contributed by atoms with Crippen molar-refractivity contribution in [3.8, 4) is 5.75 Å². The van der Waals surface area contributed by atoms with E-state index >= 15 is 0 Å². The maximum atomic E-state index is 12.5. The smallest absolute Gasteiger partial charge is 0.354 e. The van der Waals surface area contributed by atoms with E-state index in [4.69, 9.17) is 13.9 Å². The highest BCUT2D eigenvalue weighted by atomic mass is 16.5. The minimum Gasteiger partial charge on any atom is -0.488 e.